The summed E-state index contributed by atoms with van der Waals surface area (Å²) < 4.78 is 5.13. The van der Waals surface area contributed by atoms with Gasteiger partial charge in [0.05, 0.1) is 12.7 Å². The molecular formula is C14H15NO2S. The van der Waals surface area contributed by atoms with E-state index in [9.17, 15) is 4.79 Å². The molecule has 94 valence electrons. The van der Waals surface area contributed by atoms with Crippen LogP contribution in [-0.4, -0.2) is 18.0 Å². The standard InChI is InChI=1S/C14H15NO2S/c1-11(16)18-8-4-3-5-12-6-7-13(10-15)14(9-12)17-2/h3,5-7,9H,4,8H2,1-2H3. The number of nitriles is 1. The Kier molecular flexibility index (Phi) is 6.03. The zero-order valence-corrected chi connectivity index (χ0v) is 11.3. The predicted octanol–water partition coefficient (Wildman–Crippen LogP) is 3.25. The minimum absolute atomic E-state index is 0.142. The predicted molar refractivity (Wildman–Crippen MR) is 74.5 cm³/mol. The summed E-state index contributed by atoms with van der Waals surface area (Å²) in [5, 5.41) is 9.00. The smallest absolute Gasteiger partial charge is 0.185 e. The molecule has 0 bridgehead atoms. The zero-order chi connectivity index (χ0) is 13.4. The summed E-state index contributed by atoms with van der Waals surface area (Å²) in [6.07, 6.45) is 4.81. The second-order valence-electron chi connectivity index (χ2n) is 3.60. The third-order valence-electron chi connectivity index (χ3n) is 2.25. The lowest BCUT2D eigenvalue weighted by atomic mass is 10.1. The van der Waals surface area contributed by atoms with E-state index in [4.69, 9.17) is 10.00 Å². The van der Waals surface area contributed by atoms with E-state index in [1.54, 1.807) is 20.1 Å². The topological polar surface area (TPSA) is 50.1 Å². The molecule has 0 aromatic heterocycles. The summed E-state index contributed by atoms with van der Waals surface area (Å²) in [5.74, 6) is 1.37. The van der Waals surface area contributed by atoms with Crippen LogP contribution >= 0.6 is 11.8 Å². The summed E-state index contributed by atoms with van der Waals surface area (Å²) in [4.78, 5) is 10.7. The monoisotopic (exact) mass is 261 g/mol. The van der Waals surface area contributed by atoms with Crippen molar-refractivity contribution in [3.8, 4) is 11.8 Å². The quantitative estimate of drug-likeness (QED) is 0.763. The Labute approximate surface area is 111 Å². The first-order valence-corrected chi connectivity index (χ1v) is 6.54. The Hall–Kier alpha value is -1.73. The lowest BCUT2D eigenvalue weighted by molar-refractivity contribution is -0.109. The maximum absolute atomic E-state index is 10.7. The van der Waals surface area contributed by atoms with Crippen molar-refractivity contribution in [1.82, 2.24) is 0 Å². The minimum atomic E-state index is 0.142. The summed E-state index contributed by atoms with van der Waals surface area (Å²) >= 11 is 1.32. The first-order chi connectivity index (χ1) is 8.67. The van der Waals surface area contributed by atoms with Gasteiger partial charge in [-0.1, -0.05) is 30.0 Å². The van der Waals surface area contributed by atoms with Gasteiger partial charge < -0.3 is 4.74 Å². The Morgan fingerprint density at radius 1 is 1.56 bits per heavy atom. The number of hydrogen-bond acceptors (Lipinski definition) is 4. The van der Waals surface area contributed by atoms with Gasteiger partial charge in [0, 0.05) is 12.7 Å². The fraction of sp³-hybridized carbons (Fsp3) is 0.286. The van der Waals surface area contributed by atoms with Crippen LogP contribution in [0.25, 0.3) is 6.08 Å². The molecule has 0 aliphatic rings. The van der Waals surface area contributed by atoms with Crippen LogP contribution < -0.4 is 4.74 Å². The van der Waals surface area contributed by atoms with Gasteiger partial charge in [0.25, 0.3) is 0 Å². The van der Waals surface area contributed by atoms with Crippen LogP contribution in [0.15, 0.2) is 24.3 Å². The Morgan fingerprint density at radius 2 is 2.33 bits per heavy atom. The molecule has 4 heteroatoms. The van der Waals surface area contributed by atoms with Crippen molar-refractivity contribution in [2.75, 3.05) is 12.9 Å². The van der Waals surface area contributed by atoms with Crippen molar-refractivity contribution >= 4 is 23.0 Å². The molecule has 3 nitrogen and oxygen atoms in total. The summed E-state index contributed by atoms with van der Waals surface area (Å²) in [6, 6.07) is 7.51. The van der Waals surface area contributed by atoms with Gasteiger partial charge in [-0.25, -0.2) is 0 Å². The average Bonchev–Trinajstić information content (AvgIpc) is 2.37. The molecule has 1 aromatic rings. The van der Waals surface area contributed by atoms with Gasteiger partial charge in [0.1, 0.15) is 11.8 Å². The van der Waals surface area contributed by atoms with Gasteiger partial charge in [-0.05, 0) is 24.1 Å². The highest BCUT2D eigenvalue weighted by Crippen LogP contribution is 2.20. The lowest BCUT2D eigenvalue weighted by Crippen LogP contribution is -1.88. The zero-order valence-electron chi connectivity index (χ0n) is 10.5. The summed E-state index contributed by atoms with van der Waals surface area (Å²) in [6.45, 7) is 1.57. The molecule has 0 spiro atoms. The Bertz CT molecular complexity index is 489. The minimum Gasteiger partial charge on any atom is -0.495 e. The molecule has 0 N–H and O–H groups in total. The number of ether oxygens (including phenoxy) is 1. The van der Waals surface area contributed by atoms with Gasteiger partial charge in [-0.3, -0.25) is 4.79 Å². The number of hydrogen-bond donors (Lipinski definition) is 0. The molecule has 0 aliphatic carbocycles. The van der Waals surface area contributed by atoms with Gasteiger partial charge in [0.2, 0.25) is 0 Å². The molecule has 1 rings (SSSR count). The molecule has 0 unspecified atom stereocenters. The van der Waals surface area contributed by atoms with Crippen molar-refractivity contribution in [2.45, 2.75) is 13.3 Å². The van der Waals surface area contributed by atoms with E-state index in [-0.39, 0.29) is 5.12 Å². The van der Waals surface area contributed by atoms with Crippen LogP contribution in [-0.2, 0) is 4.79 Å². The van der Waals surface area contributed by atoms with Crippen molar-refractivity contribution in [3.63, 3.8) is 0 Å². The second-order valence-corrected chi connectivity index (χ2v) is 4.87. The van der Waals surface area contributed by atoms with Crippen molar-refractivity contribution in [2.24, 2.45) is 0 Å². The van der Waals surface area contributed by atoms with Crippen LogP contribution in [0, 0.1) is 11.3 Å². The second kappa shape index (κ2) is 7.57. The molecule has 0 radical (unpaired) electrons. The van der Waals surface area contributed by atoms with Crippen LogP contribution in [0.1, 0.15) is 24.5 Å². The number of allylic oxidation sites excluding steroid dienone is 1. The van der Waals surface area contributed by atoms with Crippen molar-refractivity contribution < 1.29 is 9.53 Å². The maximum Gasteiger partial charge on any atom is 0.185 e. The molecule has 0 saturated heterocycles. The highest BCUT2D eigenvalue weighted by molar-refractivity contribution is 8.13. The normalized spacial score (nSPS) is 10.3. The highest BCUT2D eigenvalue weighted by Gasteiger charge is 2.01. The van der Waals surface area contributed by atoms with E-state index >= 15 is 0 Å². The number of thioether (sulfide) groups is 1. The Morgan fingerprint density at radius 3 is 2.94 bits per heavy atom. The molecule has 0 saturated carbocycles. The third-order valence-corrected chi connectivity index (χ3v) is 3.09. The van der Waals surface area contributed by atoms with Crippen LogP contribution in [0.4, 0.5) is 0 Å². The first kappa shape index (κ1) is 14.3. The van der Waals surface area contributed by atoms with E-state index in [0.717, 1.165) is 17.7 Å². The van der Waals surface area contributed by atoms with E-state index in [1.165, 1.54) is 11.8 Å². The molecule has 1 aromatic carbocycles. The fourth-order valence-corrected chi connectivity index (χ4v) is 1.94. The first-order valence-electron chi connectivity index (χ1n) is 5.55. The van der Waals surface area contributed by atoms with Gasteiger partial charge >= 0.3 is 0 Å². The number of carbonyl (C=O) groups is 1. The molecular weight excluding hydrogens is 246 g/mol. The van der Waals surface area contributed by atoms with E-state index in [0.29, 0.717) is 11.3 Å². The largest absolute Gasteiger partial charge is 0.495 e. The fourth-order valence-electron chi connectivity index (χ4n) is 1.39. The van der Waals surface area contributed by atoms with Crippen molar-refractivity contribution in [3.05, 3.63) is 35.4 Å². The average molecular weight is 261 g/mol. The molecule has 18 heavy (non-hydrogen) atoms. The number of rotatable bonds is 5. The van der Waals surface area contributed by atoms with Gasteiger partial charge in [0.15, 0.2) is 5.12 Å². The number of methoxy groups -OCH3 is 1. The van der Waals surface area contributed by atoms with Crippen LogP contribution in [0.2, 0.25) is 0 Å². The molecule has 0 heterocycles. The van der Waals surface area contributed by atoms with E-state index < -0.39 is 0 Å². The number of nitrogens with zero attached hydrogens (tertiary/aromatic N) is 1. The van der Waals surface area contributed by atoms with E-state index in [1.807, 2.05) is 24.3 Å². The van der Waals surface area contributed by atoms with Crippen molar-refractivity contribution in [1.29, 1.82) is 5.26 Å². The highest BCUT2D eigenvalue weighted by atomic mass is 32.2. The van der Waals surface area contributed by atoms with Gasteiger partial charge in [-0.2, -0.15) is 5.26 Å². The number of benzene rings is 1. The van der Waals surface area contributed by atoms with Gasteiger partial charge in [-0.15, -0.1) is 0 Å². The summed E-state index contributed by atoms with van der Waals surface area (Å²) in [5.41, 5.74) is 1.51. The third kappa shape index (κ3) is 4.64. The summed E-state index contributed by atoms with van der Waals surface area (Å²) in [7, 11) is 1.55. The molecule has 0 amide bonds. The molecule has 0 fully saturated rings. The van der Waals surface area contributed by atoms with Crippen LogP contribution in [0.5, 0.6) is 5.75 Å². The van der Waals surface area contributed by atoms with E-state index in [2.05, 4.69) is 6.07 Å². The Balaban J connectivity index is 2.60. The van der Waals surface area contributed by atoms with Crippen LogP contribution in [0.3, 0.4) is 0 Å². The molecule has 0 atom stereocenters. The SMILES string of the molecule is COc1cc(C=CCCSC(C)=O)ccc1C#N. The molecule has 0 aliphatic heterocycles. The number of carbonyl (C=O) groups excluding carboxylic acids is 1. The lowest BCUT2D eigenvalue weighted by Gasteiger charge is -2.03. The maximum atomic E-state index is 10.7.